The molecule has 2 rings (SSSR count). The van der Waals surface area contributed by atoms with Gasteiger partial charge in [-0.25, -0.2) is 4.79 Å². The van der Waals surface area contributed by atoms with Crippen molar-refractivity contribution < 1.29 is 24.2 Å². The highest BCUT2D eigenvalue weighted by molar-refractivity contribution is 6.02. The van der Waals surface area contributed by atoms with Crippen LogP contribution in [0.5, 0.6) is 5.75 Å². The molecule has 0 radical (unpaired) electrons. The lowest BCUT2D eigenvalue weighted by molar-refractivity contribution is -0.142. The second-order valence-electron chi connectivity index (χ2n) is 5.82. The summed E-state index contributed by atoms with van der Waals surface area (Å²) >= 11 is 0. The SMILES string of the molecule is CC(C)C[C@@H](NC(=O)CN1C(=O)COc2ccccc21)C(=O)O. The van der Waals surface area contributed by atoms with E-state index in [0.29, 0.717) is 17.9 Å². The number of hydrogen-bond donors (Lipinski definition) is 2. The van der Waals surface area contributed by atoms with Gasteiger partial charge >= 0.3 is 5.97 Å². The third-order valence-corrected chi connectivity index (χ3v) is 3.45. The van der Waals surface area contributed by atoms with Gasteiger partial charge in [0.15, 0.2) is 6.61 Å². The predicted octanol–water partition coefficient (Wildman–Crippen LogP) is 1.03. The van der Waals surface area contributed by atoms with Crippen LogP contribution < -0.4 is 15.0 Å². The first-order chi connectivity index (χ1) is 10.9. The second-order valence-corrected chi connectivity index (χ2v) is 5.82. The molecule has 0 saturated heterocycles. The van der Waals surface area contributed by atoms with Crippen LogP contribution >= 0.6 is 0 Å². The summed E-state index contributed by atoms with van der Waals surface area (Å²) in [6.45, 7) is 3.38. The van der Waals surface area contributed by atoms with Gasteiger partial charge in [0.1, 0.15) is 18.3 Å². The molecule has 1 aromatic carbocycles. The number of rotatable bonds is 6. The third-order valence-electron chi connectivity index (χ3n) is 3.45. The Labute approximate surface area is 134 Å². The van der Waals surface area contributed by atoms with Gasteiger partial charge in [-0.3, -0.25) is 14.5 Å². The second kappa shape index (κ2) is 7.13. The van der Waals surface area contributed by atoms with Crippen LogP contribution in [0.2, 0.25) is 0 Å². The number of para-hydroxylation sites is 2. The van der Waals surface area contributed by atoms with Crippen LogP contribution in [0.15, 0.2) is 24.3 Å². The Bertz CT molecular complexity index is 614. The number of benzene rings is 1. The van der Waals surface area contributed by atoms with Gasteiger partial charge in [0.25, 0.3) is 5.91 Å². The Hall–Kier alpha value is -2.57. The number of nitrogens with zero attached hydrogens (tertiary/aromatic N) is 1. The number of ether oxygens (including phenoxy) is 1. The topological polar surface area (TPSA) is 95.9 Å². The number of nitrogens with one attached hydrogen (secondary N) is 1. The zero-order valence-corrected chi connectivity index (χ0v) is 13.1. The first kappa shape index (κ1) is 16.8. The molecule has 0 unspecified atom stereocenters. The standard InChI is InChI=1S/C16H20N2O5/c1-10(2)7-11(16(21)22)17-14(19)8-18-12-5-3-4-6-13(12)23-9-15(18)20/h3-6,10-11H,7-9H2,1-2H3,(H,17,19)(H,21,22)/t11-/m1/s1. The predicted molar refractivity (Wildman–Crippen MR) is 83.3 cm³/mol. The molecule has 0 fully saturated rings. The minimum absolute atomic E-state index is 0.127. The highest BCUT2D eigenvalue weighted by Gasteiger charge is 2.28. The number of carboxylic acid groups (broad SMARTS) is 1. The van der Waals surface area contributed by atoms with Gasteiger partial charge in [-0.15, -0.1) is 0 Å². The quantitative estimate of drug-likeness (QED) is 0.816. The molecule has 2 N–H and O–H groups in total. The maximum absolute atomic E-state index is 12.2. The van der Waals surface area contributed by atoms with E-state index in [0.717, 1.165) is 0 Å². The zero-order valence-electron chi connectivity index (χ0n) is 13.1. The Morgan fingerprint density at radius 3 is 2.70 bits per heavy atom. The molecular weight excluding hydrogens is 300 g/mol. The molecule has 0 saturated carbocycles. The van der Waals surface area contributed by atoms with Crippen LogP contribution in [0.3, 0.4) is 0 Å². The third kappa shape index (κ3) is 4.21. The molecule has 23 heavy (non-hydrogen) atoms. The smallest absolute Gasteiger partial charge is 0.326 e. The largest absolute Gasteiger partial charge is 0.482 e. The fourth-order valence-electron chi connectivity index (χ4n) is 2.40. The molecule has 2 amide bonds. The first-order valence-electron chi connectivity index (χ1n) is 7.43. The molecule has 1 atom stereocenters. The number of carboxylic acids is 1. The minimum Gasteiger partial charge on any atom is -0.482 e. The van der Waals surface area contributed by atoms with Crippen LogP contribution in [0.25, 0.3) is 0 Å². The molecule has 1 heterocycles. The number of fused-ring (bicyclic) bond motifs is 1. The van der Waals surface area contributed by atoms with Crippen LogP contribution in [-0.4, -0.2) is 42.1 Å². The van der Waals surface area contributed by atoms with Crippen LogP contribution in [0, 0.1) is 5.92 Å². The van der Waals surface area contributed by atoms with Crippen molar-refractivity contribution in [2.24, 2.45) is 5.92 Å². The maximum Gasteiger partial charge on any atom is 0.326 e. The fourth-order valence-corrected chi connectivity index (χ4v) is 2.40. The van der Waals surface area contributed by atoms with Crippen molar-refractivity contribution in [2.75, 3.05) is 18.1 Å². The molecule has 1 aliphatic heterocycles. The fraction of sp³-hybridized carbons (Fsp3) is 0.438. The van der Waals surface area contributed by atoms with Gasteiger partial charge in [0.2, 0.25) is 5.91 Å². The van der Waals surface area contributed by atoms with E-state index < -0.39 is 17.9 Å². The van der Waals surface area contributed by atoms with Crippen molar-refractivity contribution in [1.82, 2.24) is 5.32 Å². The van der Waals surface area contributed by atoms with Crippen molar-refractivity contribution >= 4 is 23.5 Å². The summed E-state index contributed by atoms with van der Waals surface area (Å²) in [6.07, 6.45) is 0.328. The summed E-state index contributed by atoms with van der Waals surface area (Å²) < 4.78 is 5.30. The first-order valence-corrected chi connectivity index (χ1v) is 7.43. The molecule has 7 heteroatoms. The molecule has 0 aromatic heterocycles. The lowest BCUT2D eigenvalue weighted by Crippen LogP contribution is -2.49. The van der Waals surface area contributed by atoms with Gasteiger partial charge in [0, 0.05) is 0 Å². The Kier molecular flexibility index (Phi) is 5.20. The Morgan fingerprint density at radius 1 is 1.35 bits per heavy atom. The molecule has 1 aliphatic rings. The lowest BCUT2D eigenvalue weighted by Gasteiger charge is -2.29. The van der Waals surface area contributed by atoms with E-state index in [1.807, 2.05) is 13.8 Å². The van der Waals surface area contributed by atoms with E-state index >= 15 is 0 Å². The summed E-state index contributed by atoms with van der Waals surface area (Å²) in [5.41, 5.74) is 0.509. The number of carbonyl (C=O) groups excluding carboxylic acids is 2. The van der Waals surface area contributed by atoms with E-state index in [-0.39, 0.29) is 25.0 Å². The number of amides is 2. The van der Waals surface area contributed by atoms with E-state index in [4.69, 9.17) is 4.74 Å². The van der Waals surface area contributed by atoms with Crippen LogP contribution in [-0.2, 0) is 14.4 Å². The van der Waals surface area contributed by atoms with E-state index in [9.17, 15) is 19.5 Å². The van der Waals surface area contributed by atoms with Crippen LogP contribution in [0.4, 0.5) is 5.69 Å². The molecule has 7 nitrogen and oxygen atoms in total. The Balaban J connectivity index is 2.07. The maximum atomic E-state index is 12.2. The van der Waals surface area contributed by atoms with E-state index in [2.05, 4.69) is 5.32 Å². The van der Waals surface area contributed by atoms with Gasteiger partial charge in [-0.1, -0.05) is 26.0 Å². The van der Waals surface area contributed by atoms with Gasteiger partial charge in [-0.05, 0) is 24.5 Å². The summed E-state index contributed by atoms with van der Waals surface area (Å²) in [7, 11) is 0. The molecular formula is C16H20N2O5. The van der Waals surface area contributed by atoms with Crippen molar-refractivity contribution in [3.8, 4) is 5.75 Å². The average molecular weight is 320 g/mol. The number of carbonyl (C=O) groups is 3. The van der Waals surface area contributed by atoms with Crippen LogP contribution in [0.1, 0.15) is 20.3 Å². The van der Waals surface area contributed by atoms with Crippen molar-refractivity contribution in [2.45, 2.75) is 26.3 Å². The molecule has 0 aliphatic carbocycles. The van der Waals surface area contributed by atoms with Crippen molar-refractivity contribution in [3.05, 3.63) is 24.3 Å². The van der Waals surface area contributed by atoms with E-state index in [1.165, 1.54) is 4.90 Å². The minimum atomic E-state index is -1.08. The summed E-state index contributed by atoms with van der Waals surface area (Å²) in [5.74, 6) is -1.28. The summed E-state index contributed by atoms with van der Waals surface area (Å²) in [5, 5.41) is 11.6. The molecule has 0 spiro atoms. The normalized spacial score (nSPS) is 14.9. The lowest BCUT2D eigenvalue weighted by atomic mass is 10.0. The number of aliphatic carboxylic acids is 1. The molecule has 124 valence electrons. The van der Waals surface area contributed by atoms with Gasteiger partial charge in [0.05, 0.1) is 5.69 Å². The van der Waals surface area contributed by atoms with Gasteiger partial charge in [-0.2, -0.15) is 0 Å². The monoisotopic (exact) mass is 320 g/mol. The molecule has 1 aromatic rings. The highest BCUT2D eigenvalue weighted by atomic mass is 16.5. The van der Waals surface area contributed by atoms with Crippen molar-refractivity contribution in [3.63, 3.8) is 0 Å². The highest BCUT2D eigenvalue weighted by Crippen LogP contribution is 2.31. The van der Waals surface area contributed by atoms with E-state index in [1.54, 1.807) is 24.3 Å². The zero-order chi connectivity index (χ0) is 17.0. The summed E-state index contributed by atoms with van der Waals surface area (Å²) in [4.78, 5) is 36.7. The molecule has 0 bridgehead atoms. The van der Waals surface area contributed by atoms with Crippen molar-refractivity contribution in [1.29, 1.82) is 0 Å². The Morgan fingerprint density at radius 2 is 2.04 bits per heavy atom. The number of anilines is 1. The number of hydrogen-bond acceptors (Lipinski definition) is 4. The summed E-state index contributed by atoms with van der Waals surface area (Å²) in [6, 6.07) is 5.95. The van der Waals surface area contributed by atoms with Gasteiger partial charge < -0.3 is 15.2 Å². The average Bonchev–Trinajstić information content (AvgIpc) is 2.49.